The van der Waals surface area contributed by atoms with Crippen LogP contribution < -0.4 is 0 Å². The van der Waals surface area contributed by atoms with Gasteiger partial charge in [0.25, 0.3) is 5.91 Å². The van der Waals surface area contributed by atoms with Crippen molar-refractivity contribution in [3.63, 3.8) is 0 Å². The zero-order valence-corrected chi connectivity index (χ0v) is 14.1. The third-order valence-electron chi connectivity index (χ3n) is 5.05. The fraction of sp³-hybridized carbons (Fsp3) is 0.444. The van der Waals surface area contributed by atoms with Crippen molar-refractivity contribution in [1.82, 2.24) is 19.8 Å². The van der Waals surface area contributed by atoms with Gasteiger partial charge in [-0.3, -0.25) is 14.8 Å². The smallest absolute Gasteiger partial charge is 0.410 e. The van der Waals surface area contributed by atoms with E-state index < -0.39 is 5.60 Å². The SMILES string of the molecule is CN1C[C@@]2(CCCN(C(=O)c3cccc4nccnc34)CC2)OC1=O. The average molecular weight is 340 g/mol. The van der Waals surface area contributed by atoms with Crippen LogP contribution in [0.5, 0.6) is 0 Å². The molecule has 0 unspecified atom stereocenters. The number of nitrogens with zero attached hydrogens (tertiary/aromatic N) is 4. The van der Waals surface area contributed by atoms with Crippen molar-refractivity contribution >= 4 is 23.0 Å². The highest BCUT2D eigenvalue weighted by Gasteiger charge is 2.44. The number of benzene rings is 1. The minimum absolute atomic E-state index is 0.0409. The van der Waals surface area contributed by atoms with E-state index >= 15 is 0 Å². The van der Waals surface area contributed by atoms with Crippen LogP contribution in [0.2, 0.25) is 0 Å². The van der Waals surface area contributed by atoms with E-state index in [1.165, 1.54) is 0 Å². The molecule has 1 spiro atoms. The van der Waals surface area contributed by atoms with Crippen molar-refractivity contribution in [3.8, 4) is 0 Å². The summed E-state index contributed by atoms with van der Waals surface area (Å²) in [4.78, 5) is 36.8. The molecule has 2 saturated heterocycles. The monoisotopic (exact) mass is 340 g/mol. The molecule has 0 bridgehead atoms. The molecule has 2 aromatic rings. The van der Waals surface area contributed by atoms with Gasteiger partial charge in [0.2, 0.25) is 0 Å². The van der Waals surface area contributed by atoms with Crippen LogP contribution in [-0.4, -0.2) is 64.1 Å². The predicted octanol–water partition coefficient (Wildman–Crippen LogP) is 2.08. The van der Waals surface area contributed by atoms with Crippen LogP contribution >= 0.6 is 0 Å². The number of rotatable bonds is 1. The number of likely N-dealkylation sites (N-methyl/N-ethyl adjacent to an activating group) is 1. The summed E-state index contributed by atoms with van der Waals surface area (Å²) in [6.07, 6.45) is 5.20. The molecule has 3 heterocycles. The van der Waals surface area contributed by atoms with Crippen LogP contribution in [0.4, 0.5) is 4.79 Å². The van der Waals surface area contributed by atoms with E-state index in [0.29, 0.717) is 42.7 Å². The molecule has 0 N–H and O–H groups in total. The molecule has 1 aromatic heterocycles. The number of ether oxygens (including phenoxy) is 1. The number of para-hydroxylation sites is 1. The lowest BCUT2D eigenvalue weighted by Crippen LogP contribution is -2.37. The Kier molecular flexibility index (Phi) is 3.78. The standard InChI is InChI=1S/C18H20N4O3/c1-21-12-18(25-17(21)24)6-3-10-22(11-7-18)16(23)13-4-2-5-14-15(13)20-9-8-19-14/h2,4-5,8-9H,3,6-7,10-12H2,1H3/t18-/m0/s1. The van der Waals surface area contributed by atoms with E-state index in [1.807, 2.05) is 17.0 Å². The number of hydrogen-bond donors (Lipinski definition) is 0. The summed E-state index contributed by atoms with van der Waals surface area (Å²) in [5, 5.41) is 0. The number of carbonyl (C=O) groups excluding carboxylic acids is 2. The molecule has 130 valence electrons. The fourth-order valence-corrected chi connectivity index (χ4v) is 3.76. The predicted molar refractivity (Wildman–Crippen MR) is 91.1 cm³/mol. The van der Waals surface area contributed by atoms with Crippen LogP contribution in [-0.2, 0) is 4.74 Å². The third-order valence-corrected chi connectivity index (χ3v) is 5.05. The zero-order valence-electron chi connectivity index (χ0n) is 14.1. The van der Waals surface area contributed by atoms with Crippen molar-refractivity contribution in [2.75, 3.05) is 26.7 Å². The van der Waals surface area contributed by atoms with Crippen LogP contribution in [0.25, 0.3) is 11.0 Å². The number of amides is 2. The Bertz CT molecular complexity index is 835. The van der Waals surface area contributed by atoms with Crippen LogP contribution in [0.15, 0.2) is 30.6 Å². The molecule has 1 atom stereocenters. The highest BCUT2D eigenvalue weighted by molar-refractivity contribution is 6.04. The van der Waals surface area contributed by atoms with Gasteiger partial charge in [0.1, 0.15) is 11.1 Å². The molecule has 0 saturated carbocycles. The van der Waals surface area contributed by atoms with Gasteiger partial charge in [-0.1, -0.05) is 6.07 Å². The molecule has 1 aromatic carbocycles. The maximum absolute atomic E-state index is 13.0. The van der Waals surface area contributed by atoms with Crippen LogP contribution in [0.3, 0.4) is 0 Å². The van der Waals surface area contributed by atoms with Gasteiger partial charge in [0, 0.05) is 39.0 Å². The molecule has 0 radical (unpaired) electrons. The third kappa shape index (κ3) is 2.79. The molecule has 0 aliphatic carbocycles. The maximum Gasteiger partial charge on any atom is 0.410 e. The van der Waals surface area contributed by atoms with Gasteiger partial charge < -0.3 is 14.5 Å². The van der Waals surface area contributed by atoms with Crippen molar-refractivity contribution in [1.29, 1.82) is 0 Å². The summed E-state index contributed by atoms with van der Waals surface area (Å²) in [5.41, 5.74) is 1.45. The normalized spacial score (nSPS) is 23.8. The summed E-state index contributed by atoms with van der Waals surface area (Å²) in [5.74, 6) is -0.0409. The highest BCUT2D eigenvalue weighted by atomic mass is 16.6. The summed E-state index contributed by atoms with van der Waals surface area (Å²) in [6, 6.07) is 5.48. The molecule has 4 rings (SSSR count). The van der Waals surface area contributed by atoms with Gasteiger partial charge in [-0.2, -0.15) is 0 Å². The van der Waals surface area contributed by atoms with E-state index in [2.05, 4.69) is 9.97 Å². The Morgan fingerprint density at radius 2 is 2.04 bits per heavy atom. The molecule has 2 aliphatic heterocycles. The van der Waals surface area contributed by atoms with Crippen molar-refractivity contribution in [2.24, 2.45) is 0 Å². The van der Waals surface area contributed by atoms with Gasteiger partial charge in [0.15, 0.2) is 0 Å². The molecule has 25 heavy (non-hydrogen) atoms. The van der Waals surface area contributed by atoms with E-state index in [-0.39, 0.29) is 12.0 Å². The molecule has 2 amide bonds. The first-order chi connectivity index (χ1) is 12.1. The Labute approximate surface area is 145 Å². The topological polar surface area (TPSA) is 75.6 Å². The van der Waals surface area contributed by atoms with E-state index in [0.717, 1.165) is 12.8 Å². The minimum atomic E-state index is -0.459. The first kappa shape index (κ1) is 15.8. The van der Waals surface area contributed by atoms with E-state index in [9.17, 15) is 9.59 Å². The lowest BCUT2D eigenvalue weighted by Gasteiger charge is -2.25. The first-order valence-corrected chi connectivity index (χ1v) is 8.51. The molecule has 2 aliphatic rings. The van der Waals surface area contributed by atoms with Gasteiger partial charge in [-0.25, -0.2) is 4.79 Å². The van der Waals surface area contributed by atoms with Gasteiger partial charge in [0.05, 0.1) is 17.6 Å². The highest BCUT2D eigenvalue weighted by Crippen LogP contribution is 2.33. The Morgan fingerprint density at radius 3 is 2.84 bits per heavy atom. The Morgan fingerprint density at radius 1 is 1.20 bits per heavy atom. The van der Waals surface area contributed by atoms with Crippen LogP contribution in [0.1, 0.15) is 29.6 Å². The Hall–Kier alpha value is -2.70. The Balaban J connectivity index is 1.56. The van der Waals surface area contributed by atoms with Crippen molar-refractivity contribution in [2.45, 2.75) is 24.9 Å². The first-order valence-electron chi connectivity index (χ1n) is 8.51. The lowest BCUT2D eigenvalue weighted by atomic mass is 9.95. The second-order valence-electron chi connectivity index (χ2n) is 6.78. The maximum atomic E-state index is 13.0. The fourth-order valence-electron chi connectivity index (χ4n) is 3.76. The second-order valence-corrected chi connectivity index (χ2v) is 6.78. The molecular formula is C18H20N4O3. The number of fused-ring (bicyclic) bond motifs is 1. The number of likely N-dealkylation sites (tertiary alicyclic amines) is 1. The second kappa shape index (κ2) is 5.98. The van der Waals surface area contributed by atoms with E-state index in [1.54, 1.807) is 30.4 Å². The molecule has 7 nitrogen and oxygen atoms in total. The lowest BCUT2D eigenvalue weighted by molar-refractivity contribution is 0.0439. The summed E-state index contributed by atoms with van der Waals surface area (Å²) in [6.45, 7) is 1.81. The summed E-state index contributed by atoms with van der Waals surface area (Å²) >= 11 is 0. The zero-order chi connectivity index (χ0) is 17.4. The number of aromatic nitrogens is 2. The van der Waals surface area contributed by atoms with E-state index in [4.69, 9.17) is 4.74 Å². The van der Waals surface area contributed by atoms with Crippen molar-refractivity contribution < 1.29 is 14.3 Å². The molecule has 2 fully saturated rings. The summed E-state index contributed by atoms with van der Waals surface area (Å²) in [7, 11) is 1.75. The molecule has 7 heteroatoms. The molecular weight excluding hydrogens is 320 g/mol. The minimum Gasteiger partial charge on any atom is -0.441 e. The summed E-state index contributed by atoms with van der Waals surface area (Å²) < 4.78 is 5.61. The van der Waals surface area contributed by atoms with Gasteiger partial charge in [-0.15, -0.1) is 0 Å². The van der Waals surface area contributed by atoms with Crippen molar-refractivity contribution in [3.05, 3.63) is 36.2 Å². The van der Waals surface area contributed by atoms with Crippen LogP contribution in [0, 0.1) is 0 Å². The number of hydrogen-bond acceptors (Lipinski definition) is 5. The quantitative estimate of drug-likeness (QED) is 0.794. The average Bonchev–Trinajstić information content (AvgIpc) is 2.79. The largest absolute Gasteiger partial charge is 0.441 e. The number of carbonyl (C=O) groups is 2. The van der Waals surface area contributed by atoms with Gasteiger partial charge in [-0.05, 0) is 25.0 Å². The van der Waals surface area contributed by atoms with Gasteiger partial charge >= 0.3 is 6.09 Å².